The van der Waals surface area contributed by atoms with Gasteiger partial charge in [0.1, 0.15) is 0 Å². The Hall–Kier alpha value is -2.62. The Morgan fingerprint density at radius 3 is 2.65 bits per heavy atom. The highest BCUT2D eigenvalue weighted by Gasteiger charge is 2.17. The summed E-state index contributed by atoms with van der Waals surface area (Å²) in [5.74, 6) is 0. The summed E-state index contributed by atoms with van der Waals surface area (Å²) in [6.45, 7) is 6.55. The Labute approximate surface area is 155 Å². The lowest BCUT2D eigenvalue weighted by Crippen LogP contribution is -2.18. The zero-order valence-electron chi connectivity index (χ0n) is 15.8. The maximum Gasteiger partial charge on any atom is 0.0755 e. The topological polar surface area (TPSA) is 41.1 Å². The Morgan fingerprint density at radius 1 is 1.12 bits per heavy atom. The summed E-state index contributed by atoms with van der Waals surface area (Å²) in [5, 5.41) is 4.53. The van der Waals surface area contributed by atoms with Crippen molar-refractivity contribution in [3.63, 3.8) is 0 Å². The van der Waals surface area contributed by atoms with E-state index in [1.807, 2.05) is 19.3 Å². The van der Waals surface area contributed by atoms with Crippen molar-refractivity contribution in [2.75, 3.05) is 30.4 Å². The van der Waals surface area contributed by atoms with E-state index in [1.165, 1.54) is 29.5 Å². The number of nitrogens with one attached hydrogen (secondary N) is 1. The van der Waals surface area contributed by atoms with Crippen LogP contribution in [0.5, 0.6) is 0 Å². The first-order valence-electron chi connectivity index (χ1n) is 9.53. The molecule has 3 aromatic rings. The van der Waals surface area contributed by atoms with Crippen molar-refractivity contribution >= 4 is 22.3 Å². The van der Waals surface area contributed by atoms with Crippen LogP contribution >= 0.6 is 0 Å². The van der Waals surface area contributed by atoms with E-state index < -0.39 is 0 Å². The fourth-order valence-corrected chi connectivity index (χ4v) is 4.04. The number of hydrogen-bond donors (Lipinski definition) is 1. The first kappa shape index (κ1) is 16.8. The van der Waals surface area contributed by atoms with Crippen LogP contribution in [0.3, 0.4) is 0 Å². The highest BCUT2D eigenvalue weighted by molar-refractivity contribution is 5.94. The van der Waals surface area contributed by atoms with Gasteiger partial charge in [0.25, 0.3) is 0 Å². The number of aromatic nitrogens is 2. The predicted molar refractivity (Wildman–Crippen MR) is 110 cm³/mol. The molecular weight excluding hydrogens is 320 g/mol. The molecule has 4 heteroatoms. The smallest absolute Gasteiger partial charge is 0.0755 e. The van der Waals surface area contributed by atoms with E-state index in [-0.39, 0.29) is 0 Å². The molecule has 1 aliphatic rings. The van der Waals surface area contributed by atoms with Gasteiger partial charge in [-0.3, -0.25) is 9.97 Å². The van der Waals surface area contributed by atoms with E-state index >= 15 is 0 Å². The molecule has 3 heterocycles. The van der Waals surface area contributed by atoms with Gasteiger partial charge in [0.05, 0.1) is 11.2 Å². The van der Waals surface area contributed by atoms with Crippen LogP contribution < -0.4 is 10.2 Å². The monoisotopic (exact) mass is 346 g/mol. The Morgan fingerprint density at radius 2 is 1.92 bits per heavy atom. The minimum Gasteiger partial charge on any atom is -0.388 e. The van der Waals surface area contributed by atoms with E-state index in [4.69, 9.17) is 4.98 Å². The SMILES string of the molecule is CCc1c(NC)ccnc1-c1ccc2c(N3CCCC3)cc(C)nc2c1. The number of nitrogens with zero attached hydrogens (tertiary/aromatic N) is 3. The molecule has 0 amide bonds. The number of fused-ring (bicyclic) bond motifs is 1. The molecule has 2 aromatic heterocycles. The Bertz CT molecular complexity index is 942. The molecule has 1 fully saturated rings. The highest BCUT2D eigenvalue weighted by atomic mass is 15.1. The fourth-order valence-electron chi connectivity index (χ4n) is 4.04. The molecule has 4 rings (SSSR count). The Balaban J connectivity index is 1.87. The van der Waals surface area contributed by atoms with Crippen molar-refractivity contribution in [3.05, 3.63) is 47.8 Å². The zero-order valence-corrected chi connectivity index (χ0v) is 15.8. The van der Waals surface area contributed by atoms with E-state index in [0.717, 1.165) is 47.7 Å². The minimum absolute atomic E-state index is 0.942. The summed E-state index contributed by atoms with van der Waals surface area (Å²) in [6, 6.07) is 10.9. The quantitative estimate of drug-likeness (QED) is 0.736. The first-order chi connectivity index (χ1) is 12.7. The van der Waals surface area contributed by atoms with Gasteiger partial charge in [0.15, 0.2) is 0 Å². The summed E-state index contributed by atoms with van der Waals surface area (Å²) in [5.41, 5.74) is 8.04. The van der Waals surface area contributed by atoms with Gasteiger partial charge in [-0.25, -0.2) is 0 Å². The number of pyridine rings is 2. The fraction of sp³-hybridized carbons (Fsp3) is 0.364. The van der Waals surface area contributed by atoms with Crippen molar-refractivity contribution in [1.82, 2.24) is 9.97 Å². The van der Waals surface area contributed by atoms with Crippen molar-refractivity contribution in [2.24, 2.45) is 0 Å². The van der Waals surface area contributed by atoms with Gasteiger partial charge < -0.3 is 10.2 Å². The molecule has 0 saturated carbocycles. The average molecular weight is 346 g/mol. The van der Waals surface area contributed by atoms with Crippen LogP contribution in [-0.2, 0) is 6.42 Å². The number of aryl methyl sites for hydroxylation is 1. The third kappa shape index (κ3) is 2.90. The molecule has 0 aliphatic carbocycles. The molecule has 134 valence electrons. The van der Waals surface area contributed by atoms with E-state index in [1.54, 1.807) is 0 Å². The molecule has 1 aliphatic heterocycles. The third-order valence-electron chi connectivity index (χ3n) is 5.31. The largest absolute Gasteiger partial charge is 0.388 e. The van der Waals surface area contributed by atoms with Crippen LogP contribution in [0.15, 0.2) is 36.5 Å². The normalized spacial score (nSPS) is 14.2. The molecule has 1 saturated heterocycles. The van der Waals surface area contributed by atoms with Crippen molar-refractivity contribution in [1.29, 1.82) is 0 Å². The van der Waals surface area contributed by atoms with Gasteiger partial charge in [-0.1, -0.05) is 19.1 Å². The molecule has 1 N–H and O–H groups in total. The van der Waals surface area contributed by atoms with Crippen molar-refractivity contribution in [2.45, 2.75) is 33.1 Å². The third-order valence-corrected chi connectivity index (χ3v) is 5.31. The molecule has 0 bridgehead atoms. The van der Waals surface area contributed by atoms with Crippen LogP contribution in [0, 0.1) is 6.92 Å². The molecule has 1 aromatic carbocycles. The Kier molecular flexibility index (Phi) is 4.49. The first-order valence-corrected chi connectivity index (χ1v) is 9.53. The molecule has 4 nitrogen and oxygen atoms in total. The van der Waals surface area contributed by atoms with Gasteiger partial charge in [-0.2, -0.15) is 0 Å². The van der Waals surface area contributed by atoms with Gasteiger partial charge in [0.2, 0.25) is 0 Å². The molecule has 0 unspecified atom stereocenters. The zero-order chi connectivity index (χ0) is 18.1. The van der Waals surface area contributed by atoms with Crippen LogP contribution in [0.1, 0.15) is 31.0 Å². The van der Waals surface area contributed by atoms with Crippen molar-refractivity contribution < 1.29 is 0 Å². The highest BCUT2D eigenvalue weighted by Crippen LogP contribution is 2.34. The summed E-state index contributed by atoms with van der Waals surface area (Å²) < 4.78 is 0. The lowest BCUT2D eigenvalue weighted by molar-refractivity contribution is 0.949. The summed E-state index contributed by atoms with van der Waals surface area (Å²) >= 11 is 0. The molecule has 26 heavy (non-hydrogen) atoms. The maximum atomic E-state index is 4.82. The summed E-state index contributed by atoms with van der Waals surface area (Å²) in [4.78, 5) is 12.0. The van der Waals surface area contributed by atoms with Gasteiger partial charge in [-0.15, -0.1) is 0 Å². The van der Waals surface area contributed by atoms with Crippen LogP contribution in [0.2, 0.25) is 0 Å². The second-order valence-corrected chi connectivity index (χ2v) is 7.00. The van der Waals surface area contributed by atoms with E-state index in [2.05, 4.69) is 53.3 Å². The van der Waals surface area contributed by atoms with Crippen LogP contribution in [0.4, 0.5) is 11.4 Å². The average Bonchev–Trinajstić information content (AvgIpc) is 3.20. The summed E-state index contributed by atoms with van der Waals surface area (Å²) in [6.07, 6.45) is 5.38. The molecule has 0 atom stereocenters. The van der Waals surface area contributed by atoms with E-state index in [9.17, 15) is 0 Å². The second-order valence-electron chi connectivity index (χ2n) is 7.00. The minimum atomic E-state index is 0.942. The number of benzene rings is 1. The summed E-state index contributed by atoms with van der Waals surface area (Å²) in [7, 11) is 1.96. The van der Waals surface area contributed by atoms with Crippen LogP contribution in [0.25, 0.3) is 22.2 Å². The standard InChI is InChI=1S/C22H26N4/c1-4-17-19(23-3)9-10-24-22(17)16-7-8-18-20(14-16)25-15(2)13-21(18)26-11-5-6-12-26/h7-10,13-14H,4-6,11-12H2,1-3H3,(H,23,24). The number of hydrogen-bond acceptors (Lipinski definition) is 4. The number of rotatable bonds is 4. The lowest BCUT2D eigenvalue weighted by Gasteiger charge is -2.21. The van der Waals surface area contributed by atoms with Crippen LogP contribution in [-0.4, -0.2) is 30.1 Å². The lowest BCUT2D eigenvalue weighted by atomic mass is 10.00. The molecular formula is C22H26N4. The second kappa shape index (κ2) is 6.94. The van der Waals surface area contributed by atoms with Gasteiger partial charge in [0, 0.05) is 59.9 Å². The molecule has 0 spiro atoms. The van der Waals surface area contributed by atoms with Gasteiger partial charge >= 0.3 is 0 Å². The van der Waals surface area contributed by atoms with Crippen molar-refractivity contribution in [3.8, 4) is 11.3 Å². The van der Waals surface area contributed by atoms with Gasteiger partial charge in [-0.05, 0) is 44.4 Å². The van der Waals surface area contributed by atoms with E-state index in [0.29, 0.717) is 0 Å². The maximum absolute atomic E-state index is 4.82. The molecule has 0 radical (unpaired) electrons. The number of anilines is 2. The predicted octanol–water partition coefficient (Wildman–Crippen LogP) is 4.81.